The second-order valence-corrected chi connectivity index (χ2v) is 4.71. The second kappa shape index (κ2) is 5.50. The van der Waals surface area contributed by atoms with E-state index < -0.39 is 10.7 Å². The summed E-state index contributed by atoms with van der Waals surface area (Å²) in [5.41, 5.74) is -0.174. The number of nitrogens with zero attached hydrogens (tertiary/aromatic N) is 2. The van der Waals surface area contributed by atoms with Gasteiger partial charge in [-0.05, 0) is 28.1 Å². The minimum atomic E-state index is -0.758. The van der Waals surface area contributed by atoms with Gasteiger partial charge in [0.2, 0.25) is 0 Å². The van der Waals surface area contributed by atoms with Gasteiger partial charge >= 0.3 is 0 Å². The molecule has 0 unspecified atom stereocenters. The standard InChI is InChI=1S/C11H5BrClFN2O3/c12-8-2-1-7(16(17)18)4-10(8)19-11-9(14)3-6(13)5-15-11/h1-5H. The van der Waals surface area contributed by atoms with Gasteiger partial charge in [-0.2, -0.15) is 0 Å². The molecule has 0 saturated heterocycles. The summed E-state index contributed by atoms with van der Waals surface area (Å²) in [6.07, 6.45) is 1.21. The van der Waals surface area contributed by atoms with Crippen LogP contribution in [0.4, 0.5) is 10.1 Å². The van der Waals surface area contributed by atoms with Crippen LogP contribution < -0.4 is 4.74 Å². The number of nitro groups is 1. The van der Waals surface area contributed by atoms with Crippen molar-refractivity contribution in [2.45, 2.75) is 0 Å². The van der Waals surface area contributed by atoms with Crippen LogP contribution in [-0.4, -0.2) is 9.91 Å². The van der Waals surface area contributed by atoms with Gasteiger partial charge in [-0.25, -0.2) is 9.37 Å². The molecule has 0 amide bonds. The highest BCUT2D eigenvalue weighted by atomic mass is 79.9. The largest absolute Gasteiger partial charge is 0.435 e. The average molecular weight is 348 g/mol. The van der Waals surface area contributed by atoms with E-state index in [1.54, 1.807) is 0 Å². The van der Waals surface area contributed by atoms with E-state index in [-0.39, 0.29) is 22.3 Å². The fraction of sp³-hybridized carbons (Fsp3) is 0. The van der Waals surface area contributed by atoms with Crippen molar-refractivity contribution in [1.29, 1.82) is 0 Å². The number of hydrogen-bond donors (Lipinski definition) is 0. The van der Waals surface area contributed by atoms with Crippen LogP contribution in [0, 0.1) is 15.9 Å². The molecule has 0 saturated carbocycles. The third-order valence-electron chi connectivity index (χ3n) is 2.11. The molecule has 0 aliphatic carbocycles. The molecule has 19 heavy (non-hydrogen) atoms. The van der Waals surface area contributed by atoms with Gasteiger partial charge in [0, 0.05) is 12.3 Å². The molecule has 0 N–H and O–H groups in total. The van der Waals surface area contributed by atoms with Gasteiger partial charge in [0.25, 0.3) is 11.6 Å². The van der Waals surface area contributed by atoms with Gasteiger partial charge in [0.1, 0.15) is 0 Å². The van der Waals surface area contributed by atoms with Crippen LogP contribution in [0.2, 0.25) is 5.02 Å². The minimum absolute atomic E-state index is 0.0860. The molecule has 5 nitrogen and oxygen atoms in total. The molecule has 1 aromatic carbocycles. The lowest BCUT2D eigenvalue weighted by atomic mass is 10.3. The van der Waals surface area contributed by atoms with E-state index in [0.717, 1.165) is 6.07 Å². The Morgan fingerprint density at radius 1 is 1.42 bits per heavy atom. The summed E-state index contributed by atoms with van der Waals surface area (Å²) in [4.78, 5) is 13.7. The quantitative estimate of drug-likeness (QED) is 0.612. The van der Waals surface area contributed by atoms with Gasteiger partial charge in [-0.1, -0.05) is 11.6 Å². The third-order valence-corrected chi connectivity index (χ3v) is 2.97. The number of hydrogen-bond acceptors (Lipinski definition) is 4. The van der Waals surface area contributed by atoms with Gasteiger partial charge < -0.3 is 4.74 Å². The zero-order chi connectivity index (χ0) is 14.0. The van der Waals surface area contributed by atoms with Gasteiger partial charge in [0.15, 0.2) is 11.6 Å². The maximum absolute atomic E-state index is 13.5. The SMILES string of the molecule is O=[N+]([O-])c1ccc(Br)c(Oc2ncc(Cl)cc2F)c1. The van der Waals surface area contributed by atoms with E-state index in [2.05, 4.69) is 20.9 Å². The lowest BCUT2D eigenvalue weighted by Gasteiger charge is -2.07. The van der Waals surface area contributed by atoms with Crippen LogP contribution in [0.5, 0.6) is 11.6 Å². The maximum atomic E-state index is 13.5. The molecule has 0 bridgehead atoms. The Bertz CT molecular complexity index is 654. The molecule has 0 fully saturated rings. The van der Waals surface area contributed by atoms with Crippen molar-refractivity contribution in [3.63, 3.8) is 0 Å². The Kier molecular flexibility index (Phi) is 3.96. The number of ether oxygens (including phenoxy) is 1. The molecule has 0 aliphatic rings. The summed E-state index contributed by atoms with van der Waals surface area (Å²) in [5.74, 6) is -0.987. The van der Waals surface area contributed by atoms with Crippen molar-refractivity contribution in [3.8, 4) is 11.6 Å². The van der Waals surface area contributed by atoms with E-state index in [9.17, 15) is 14.5 Å². The lowest BCUT2D eigenvalue weighted by Crippen LogP contribution is -1.94. The van der Waals surface area contributed by atoms with Crippen molar-refractivity contribution in [3.05, 3.63) is 55.9 Å². The smallest absolute Gasteiger partial charge is 0.273 e. The molecule has 98 valence electrons. The third kappa shape index (κ3) is 3.18. The highest BCUT2D eigenvalue weighted by Crippen LogP contribution is 2.33. The summed E-state index contributed by atoms with van der Waals surface area (Å²) in [5, 5.41) is 10.8. The highest BCUT2D eigenvalue weighted by Gasteiger charge is 2.14. The Hall–Kier alpha value is -1.73. The Balaban J connectivity index is 2.37. The zero-order valence-corrected chi connectivity index (χ0v) is 11.5. The molecule has 2 rings (SSSR count). The molecule has 8 heteroatoms. The van der Waals surface area contributed by atoms with Gasteiger partial charge in [-0.3, -0.25) is 10.1 Å². The highest BCUT2D eigenvalue weighted by molar-refractivity contribution is 9.10. The van der Waals surface area contributed by atoms with Crippen molar-refractivity contribution in [2.24, 2.45) is 0 Å². The monoisotopic (exact) mass is 346 g/mol. The number of aromatic nitrogens is 1. The molecule has 0 aliphatic heterocycles. The fourth-order valence-electron chi connectivity index (χ4n) is 1.27. The molecule has 2 aromatic rings. The van der Waals surface area contributed by atoms with Crippen LogP contribution in [-0.2, 0) is 0 Å². The summed E-state index contributed by atoms with van der Waals surface area (Å²) in [7, 11) is 0. The summed E-state index contributed by atoms with van der Waals surface area (Å²) in [6.45, 7) is 0. The van der Waals surface area contributed by atoms with E-state index in [0.29, 0.717) is 4.47 Å². The normalized spacial score (nSPS) is 10.3. The zero-order valence-electron chi connectivity index (χ0n) is 9.14. The minimum Gasteiger partial charge on any atom is -0.435 e. The summed E-state index contributed by atoms with van der Waals surface area (Å²) >= 11 is 8.71. The number of pyridine rings is 1. The molecule has 0 spiro atoms. The van der Waals surface area contributed by atoms with Gasteiger partial charge in [-0.15, -0.1) is 0 Å². The van der Waals surface area contributed by atoms with E-state index in [1.165, 1.54) is 24.4 Å². The van der Waals surface area contributed by atoms with Crippen molar-refractivity contribution >= 4 is 33.2 Å². The fourth-order valence-corrected chi connectivity index (χ4v) is 1.74. The van der Waals surface area contributed by atoms with Crippen LogP contribution in [0.25, 0.3) is 0 Å². The Morgan fingerprint density at radius 3 is 2.79 bits per heavy atom. The predicted molar refractivity (Wildman–Crippen MR) is 70.1 cm³/mol. The van der Waals surface area contributed by atoms with Gasteiger partial charge in [0.05, 0.1) is 20.5 Å². The number of rotatable bonds is 3. The first-order valence-corrected chi connectivity index (χ1v) is 6.07. The molecular formula is C11H5BrClFN2O3. The number of halogens is 3. The predicted octanol–water partition coefficient (Wildman–Crippen LogP) is 4.34. The second-order valence-electron chi connectivity index (χ2n) is 3.41. The lowest BCUT2D eigenvalue weighted by molar-refractivity contribution is -0.384. The Morgan fingerprint density at radius 2 is 2.16 bits per heavy atom. The summed E-state index contributed by atoms with van der Waals surface area (Å²) in [6, 6.07) is 4.93. The first-order valence-electron chi connectivity index (χ1n) is 4.90. The van der Waals surface area contributed by atoms with Crippen LogP contribution in [0.1, 0.15) is 0 Å². The Labute approximate surface area is 120 Å². The first-order chi connectivity index (χ1) is 8.97. The number of benzene rings is 1. The molecule has 1 heterocycles. The van der Waals surface area contributed by atoms with Crippen LogP contribution in [0.3, 0.4) is 0 Å². The summed E-state index contributed by atoms with van der Waals surface area (Å²) < 4.78 is 19.1. The first kappa shape index (κ1) is 13.7. The van der Waals surface area contributed by atoms with Crippen molar-refractivity contribution in [2.75, 3.05) is 0 Å². The molecule has 0 atom stereocenters. The van der Waals surface area contributed by atoms with E-state index in [4.69, 9.17) is 16.3 Å². The molecule has 1 aromatic heterocycles. The number of nitro benzene ring substituents is 1. The van der Waals surface area contributed by atoms with Crippen LogP contribution in [0.15, 0.2) is 34.9 Å². The maximum Gasteiger partial charge on any atom is 0.273 e. The molecule has 0 radical (unpaired) electrons. The van der Waals surface area contributed by atoms with E-state index >= 15 is 0 Å². The average Bonchev–Trinajstić information content (AvgIpc) is 2.34. The van der Waals surface area contributed by atoms with Crippen molar-refractivity contribution in [1.82, 2.24) is 4.98 Å². The van der Waals surface area contributed by atoms with Crippen molar-refractivity contribution < 1.29 is 14.1 Å². The molecular weight excluding hydrogens is 342 g/mol. The van der Waals surface area contributed by atoms with Crippen LogP contribution >= 0.6 is 27.5 Å². The van der Waals surface area contributed by atoms with E-state index in [1.807, 2.05) is 0 Å². The number of non-ortho nitro benzene ring substituents is 1. The topological polar surface area (TPSA) is 65.3 Å².